The first kappa shape index (κ1) is 27.4. The quantitative estimate of drug-likeness (QED) is 0.296. The lowest BCUT2D eigenvalue weighted by atomic mass is 9.69. The van der Waals surface area contributed by atoms with Crippen LogP contribution in [0.5, 0.6) is 11.5 Å². The van der Waals surface area contributed by atoms with Gasteiger partial charge in [-0.25, -0.2) is 0 Å². The SMILES string of the molecule is COc1ccc([C@H]2CC(=O)C3=C(C2)N=C(C)C(C(=O)OC(C)C)[C@H]3c2ccc(OCc3ccccc3)cc2)cc1. The van der Waals surface area contributed by atoms with Crippen molar-refractivity contribution in [2.24, 2.45) is 10.9 Å². The van der Waals surface area contributed by atoms with E-state index >= 15 is 0 Å². The average molecular weight is 538 g/mol. The molecule has 206 valence electrons. The van der Waals surface area contributed by atoms with Crippen molar-refractivity contribution in [2.45, 2.75) is 58.2 Å². The Balaban J connectivity index is 1.47. The van der Waals surface area contributed by atoms with E-state index in [9.17, 15) is 9.59 Å². The minimum atomic E-state index is -0.668. The van der Waals surface area contributed by atoms with Crippen LogP contribution in [0.3, 0.4) is 0 Å². The van der Waals surface area contributed by atoms with Crippen LogP contribution < -0.4 is 9.47 Å². The maximum absolute atomic E-state index is 13.8. The summed E-state index contributed by atoms with van der Waals surface area (Å²) in [4.78, 5) is 32.1. The molecule has 1 aliphatic heterocycles. The van der Waals surface area contributed by atoms with Crippen LogP contribution in [0.1, 0.15) is 62.1 Å². The molecular weight excluding hydrogens is 502 g/mol. The third-order valence-corrected chi connectivity index (χ3v) is 7.57. The number of ketones is 1. The molecule has 0 bridgehead atoms. The number of ether oxygens (including phenoxy) is 3. The Kier molecular flexibility index (Phi) is 8.15. The van der Waals surface area contributed by atoms with Crippen LogP contribution in [-0.2, 0) is 20.9 Å². The molecule has 1 unspecified atom stereocenters. The van der Waals surface area contributed by atoms with Crippen molar-refractivity contribution < 1.29 is 23.8 Å². The second-order valence-corrected chi connectivity index (χ2v) is 10.7. The lowest BCUT2D eigenvalue weighted by molar-refractivity contribution is -0.150. The van der Waals surface area contributed by atoms with Crippen molar-refractivity contribution in [1.82, 2.24) is 0 Å². The summed E-state index contributed by atoms with van der Waals surface area (Å²) >= 11 is 0. The molecule has 5 rings (SSSR count). The van der Waals surface area contributed by atoms with E-state index in [1.54, 1.807) is 7.11 Å². The fourth-order valence-corrected chi connectivity index (χ4v) is 5.65. The van der Waals surface area contributed by atoms with Crippen molar-refractivity contribution in [3.8, 4) is 11.5 Å². The lowest BCUT2D eigenvalue weighted by Crippen LogP contribution is -2.38. The molecule has 0 saturated carbocycles. The Morgan fingerprint density at radius 3 is 2.20 bits per heavy atom. The molecule has 0 amide bonds. The number of esters is 1. The van der Waals surface area contributed by atoms with E-state index < -0.39 is 11.8 Å². The van der Waals surface area contributed by atoms with E-state index in [0.29, 0.717) is 30.7 Å². The standard InChI is InChI=1S/C34H35NO5/c1-21(2)40-34(37)31-22(3)35-29-18-26(24-10-14-27(38-4)15-11-24)19-30(36)33(29)32(31)25-12-16-28(17-13-25)39-20-23-8-6-5-7-9-23/h5-17,21,26,31-32H,18-20H2,1-4H3/t26-,31?,32-/m1/s1. The number of nitrogens with zero attached hydrogens (tertiary/aromatic N) is 1. The van der Waals surface area contributed by atoms with Crippen LogP contribution >= 0.6 is 0 Å². The van der Waals surface area contributed by atoms with Gasteiger partial charge >= 0.3 is 5.97 Å². The molecule has 0 fully saturated rings. The van der Waals surface area contributed by atoms with Gasteiger partial charge in [-0.05, 0) is 74.1 Å². The molecule has 2 aliphatic rings. The van der Waals surface area contributed by atoms with Crippen molar-refractivity contribution in [1.29, 1.82) is 0 Å². The maximum Gasteiger partial charge on any atom is 0.315 e. The van der Waals surface area contributed by atoms with Crippen LogP contribution in [0.15, 0.2) is 95.1 Å². The normalized spacial score (nSPS) is 20.6. The van der Waals surface area contributed by atoms with Gasteiger partial charge in [-0.2, -0.15) is 0 Å². The van der Waals surface area contributed by atoms with E-state index in [1.807, 2.05) is 99.6 Å². The number of Topliss-reactive ketones (excluding diaryl/α,β-unsaturated/α-hetero) is 1. The van der Waals surface area contributed by atoms with Gasteiger partial charge in [-0.15, -0.1) is 0 Å². The summed E-state index contributed by atoms with van der Waals surface area (Å²) in [6, 6.07) is 25.5. The van der Waals surface area contributed by atoms with E-state index in [1.165, 1.54) is 0 Å². The van der Waals surface area contributed by atoms with Crippen LogP contribution in [-0.4, -0.2) is 30.7 Å². The summed E-state index contributed by atoms with van der Waals surface area (Å²) in [7, 11) is 1.64. The highest BCUT2D eigenvalue weighted by atomic mass is 16.5. The minimum Gasteiger partial charge on any atom is -0.497 e. The van der Waals surface area contributed by atoms with Gasteiger partial charge in [-0.3, -0.25) is 14.6 Å². The van der Waals surface area contributed by atoms with Crippen LogP contribution in [0.4, 0.5) is 0 Å². The fourth-order valence-electron chi connectivity index (χ4n) is 5.65. The highest BCUT2D eigenvalue weighted by molar-refractivity contribution is 6.09. The average Bonchev–Trinajstić information content (AvgIpc) is 2.95. The highest BCUT2D eigenvalue weighted by Gasteiger charge is 2.45. The van der Waals surface area contributed by atoms with Gasteiger partial charge in [0.2, 0.25) is 0 Å². The first-order valence-corrected chi connectivity index (χ1v) is 13.8. The van der Waals surface area contributed by atoms with E-state index in [4.69, 9.17) is 19.2 Å². The number of aliphatic imine (C=N–C) groups is 1. The van der Waals surface area contributed by atoms with Crippen molar-refractivity contribution >= 4 is 17.5 Å². The topological polar surface area (TPSA) is 74.2 Å². The monoisotopic (exact) mass is 537 g/mol. The van der Waals surface area contributed by atoms with Gasteiger partial charge in [0.15, 0.2) is 5.78 Å². The minimum absolute atomic E-state index is 0.0160. The number of carbonyl (C=O) groups is 2. The molecule has 0 spiro atoms. The number of benzene rings is 3. The molecule has 1 aliphatic carbocycles. The van der Waals surface area contributed by atoms with E-state index in [0.717, 1.165) is 33.9 Å². The van der Waals surface area contributed by atoms with Gasteiger partial charge in [0, 0.05) is 29.3 Å². The second kappa shape index (κ2) is 11.9. The van der Waals surface area contributed by atoms with Crippen LogP contribution in [0, 0.1) is 5.92 Å². The Labute approximate surface area is 235 Å². The molecule has 3 aromatic carbocycles. The zero-order chi connectivity index (χ0) is 28.2. The highest BCUT2D eigenvalue weighted by Crippen LogP contribution is 2.47. The predicted octanol–water partition coefficient (Wildman–Crippen LogP) is 6.80. The summed E-state index contributed by atoms with van der Waals surface area (Å²) in [6.45, 7) is 5.98. The molecule has 0 aromatic heterocycles. The zero-order valence-electron chi connectivity index (χ0n) is 23.4. The van der Waals surface area contributed by atoms with Gasteiger partial charge < -0.3 is 14.2 Å². The van der Waals surface area contributed by atoms with Gasteiger partial charge in [0.1, 0.15) is 24.0 Å². The van der Waals surface area contributed by atoms with E-state index in [-0.39, 0.29) is 23.8 Å². The Hall–Kier alpha value is -4.19. The first-order valence-electron chi connectivity index (χ1n) is 13.8. The zero-order valence-corrected chi connectivity index (χ0v) is 23.4. The lowest BCUT2D eigenvalue weighted by Gasteiger charge is -2.36. The van der Waals surface area contributed by atoms with Crippen LogP contribution in [0.2, 0.25) is 0 Å². The van der Waals surface area contributed by atoms with Crippen molar-refractivity contribution in [3.63, 3.8) is 0 Å². The Morgan fingerprint density at radius 2 is 1.55 bits per heavy atom. The number of allylic oxidation sites excluding steroid dienone is 2. The molecule has 1 heterocycles. The summed E-state index contributed by atoms with van der Waals surface area (Å²) in [5.41, 5.74) is 5.08. The molecule has 6 heteroatoms. The van der Waals surface area contributed by atoms with Gasteiger partial charge in [-0.1, -0.05) is 54.6 Å². The number of methoxy groups -OCH3 is 1. The van der Waals surface area contributed by atoms with Crippen LogP contribution in [0.25, 0.3) is 0 Å². The molecule has 0 N–H and O–H groups in total. The summed E-state index contributed by atoms with van der Waals surface area (Å²) in [5.74, 6) is 0.0449. The smallest absolute Gasteiger partial charge is 0.315 e. The first-order chi connectivity index (χ1) is 19.3. The third kappa shape index (κ3) is 5.86. The fraction of sp³-hybridized carbons (Fsp3) is 0.324. The Bertz CT molecular complexity index is 1420. The van der Waals surface area contributed by atoms with Crippen molar-refractivity contribution in [3.05, 3.63) is 107 Å². The molecular formula is C34H35NO5. The number of rotatable bonds is 8. The molecule has 0 radical (unpaired) electrons. The predicted molar refractivity (Wildman–Crippen MR) is 155 cm³/mol. The van der Waals surface area contributed by atoms with E-state index in [2.05, 4.69) is 0 Å². The largest absolute Gasteiger partial charge is 0.497 e. The molecule has 3 aromatic rings. The third-order valence-electron chi connectivity index (χ3n) is 7.57. The number of carbonyl (C=O) groups excluding carboxylic acids is 2. The second-order valence-electron chi connectivity index (χ2n) is 10.7. The van der Waals surface area contributed by atoms with Gasteiger partial charge in [0.25, 0.3) is 0 Å². The molecule has 40 heavy (non-hydrogen) atoms. The number of hydrogen-bond acceptors (Lipinski definition) is 6. The molecule has 6 nitrogen and oxygen atoms in total. The number of hydrogen-bond donors (Lipinski definition) is 0. The summed E-state index contributed by atoms with van der Waals surface area (Å²) < 4.78 is 16.9. The van der Waals surface area contributed by atoms with Gasteiger partial charge in [0.05, 0.1) is 13.2 Å². The summed E-state index contributed by atoms with van der Waals surface area (Å²) in [5, 5.41) is 0. The molecule has 3 atom stereocenters. The Morgan fingerprint density at radius 1 is 0.900 bits per heavy atom. The summed E-state index contributed by atoms with van der Waals surface area (Å²) in [6.07, 6.45) is 0.720. The molecule has 0 saturated heterocycles. The maximum atomic E-state index is 13.8. The van der Waals surface area contributed by atoms with Crippen molar-refractivity contribution in [2.75, 3.05) is 7.11 Å².